The lowest BCUT2D eigenvalue weighted by Gasteiger charge is -2.00. The Hall–Kier alpha value is -0.340. The maximum atomic E-state index is 8.95. The minimum Gasteiger partial charge on any atom is -0.393 e. The molecule has 0 aliphatic rings. The van der Waals surface area contributed by atoms with E-state index in [2.05, 4.69) is 0 Å². The van der Waals surface area contributed by atoms with Crippen molar-refractivity contribution in [2.24, 2.45) is 0 Å². The van der Waals surface area contributed by atoms with Crippen molar-refractivity contribution >= 4 is 0 Å². The van der Waals surface area contributed by atoms with Gasteiger partial charge in [0.05, 0.1) is 12.7 Å². The van der Waals surface area contributed by atoms with E-state index in [1.54, 1.807) is 12.2 Å². The van der Waals surface area contributed by atoms with Crippen LogP contribution in [0.25, 0.3) is 0 Å². The molecule has 0 aromatic rings. The molecular weight excluding hydrogens is 116 g/mol. The summed E-state index contributed by atoms with van der Waals surface area (Å²) in [7, 11) is 0. The predicted molar refractivity (Wildman–Crippen MR) is 37.1 cm³/mol. The highest BCUT2D eigenvalue weighted by molar-refractivity contribution is 4.82. The quantitative estimate of drug-likeness (QED) is 0.550. The molecule has 2 heteroatoms. The summed E-state index contributed by atoms with van der Waals surface area (Å²) in [4.78, 5) is 0. The van der Waals surface area contributed by atoms with Crippen LogP contribution in [-0.2, 0) is 0 Å². The predicted octanol–water partition coefficient (Wildman–Crippen LogP) is 0.696. The fraction of sp³-hybridized carbons (Fsp3) is 0.714. The minimum atomic E-state index is -0.243. The molecule has 0 heterocycles. The second-order valence-corrected chi connectivity index (χ2v) is 1.95. The average molecular weight is 130 g/mol. The van der Waals surface area contributed by atoms with E-state index in [1.807, 2.05) is 6.92 Å². The van der Waals surface area contributed by atoms with Crippen LogP contribution in [0.3, 0.4) is 0 Å². The van der Waals surface area contributed by atoms with Gasteiger partial charge in [-0.1, -0.05) is 19.1 Å². The third-order valence-electron chi connectivity index (χ3n) is 1.15. The third-order valence-corrected chi connectivity index (χ3v) is 1.15. The van der Waals surface area contributed by atoms with Crippen molar-refractivity contribution in [1.29, 1.82) is 0 Å². The zero-order valence-electron chi connectivity index (χ0n) is 5.75. The first-order valence-corrected chi connectivity index (χ1v) is 3.25. The summed E-state index contributed by atoms with van der Waals surface area (Å²) < 4.78 is 0. The first kappa shape index (κ1) is 8.66. The van der Waals surface area contributed by atoms with Crippen LogP contribution >= 0.6 is 0 Å². The molecule has 0 aromatic heterocycles. The summed E-state index contributed by atoms with van der Waals surface area (Å²) in [6, 6.07) is 0. The maximum Gasteiger partial charge on any atom is 0.0612 e. The van der Waals surface area contributed by atoms with Gasteiger partial charge in [-0.15, -0.1) is 0 Å². The van der Waals surface area contributed by atoms with E-state index in [4.69, 9.17) is 10.2 Å². The van der Waals surface area contributed by atoms with Gasteiger partial charge in [0.1, 0.15) is 0 Å². The van der Waals surface area contributed by atoms with Gasteiger partial charge in [0.15, 0.2) is 0 Å². The highest BCUT2D eigenvalue weighted by atomic mass is 16.3. The van der Waals surface area contributed by atoms with E-state index in [-0.39, 0.29) is 12.7 Å². The highest BCUT2D eigenvalue weighted by Gasteiger charge is 1.93. The monoisotopic (exact) mass is 130 g/mol. The van der Waals surface area contributed by atoms with Gasteiger partial charge in [0.2, 0.25) is 0 Å². The Morgan fingerprint density at radius 3 is 2.56 bits per heavy atom. The number of rotatable bonds is 4. The molecule has 0 aromatic carbocycles. The van der Waals surface area contributed by atoms with Gasteiger partial charge in [-0.2, -0.15) is 0 Å². The first-order chi connectivity index (χ1) is 4.31. The molecule has 0 saturated heterocycles. The van der Waals surface area contributed by atoms with Crippen LogP contribution in [0.2, 0.25) is 0 Å². The number of aliphatic hydroxyl groups excluding tert-OH is 2. The van der Waals surface area contributed by atoms with E-state index >= 15 is 0 Å². The standard InChI is InChI=1S/C7H14O2/c1-2-7(9)5-3-4-6-8/h3-4,7-9H,2,5-6H2,1H3/b4-3+. The van der Waals surface area contributed by atoms with Gasteiger partial charge in [-0.3, -0.25) is 0 Å². The van der Waals surface area contributed by atoms with Gasteiger partial charge in [-0.05, 0) is 12.8 Å². The Kier molecular flexibility index (Phi) is 5.57. The number of hydrogen-bond acceptors (Lipinski definition) is 2. The average Bonchev–Trinajstić information content (AvgIpc) is 1.89. The van der Waals surface area contributed by atoms with Crippen LogP contribution in [0.15, 0.2) is 12.2 Å². The van der Waals surface area contributed by atoms with Crippen LogP contribution in [0.5, 0.6) is 0 Å². The SMILES string of the molecule is CCC(O)C/C=C/CO. The van der Waals surface area contributed by atoms with Crippen molar-refractivity contribution < 1.29 is 10.2 Å². The second-order valence-electron chi connectivity index (χ2n) is 1.95. The fourth-order valence-electron chi connectivity index (χ4n) is 0.495. The Bertz CT molecular complexity index is 79.0. The number of aliphatic hydroxyl groups is 2. The van der Waals surface area contributed by atoms with E-state index in [9.17, 15) is 0 Å². The lowest BCUT2D eigenvalue weighted by molar-refractivity contribution is 0.173. The molecule has 0 rings (SSSR count). The van der Waals surface area contributed by atoms with Gasteiger partial charge >= 0.3 is 0 Å². The van der Waals surface area contributed by atoms with E-state index in [0.29, 0.717) is 6.42 Å². The van der Waals surface area contributed by atoms with Gasteiger partial charge in [-0.25, -0.2) is 0 Å². The Labute approximate surface area is 55.8 Å². The molecule has 2 N–H and O–H groups in total. The molecule has 0 saturated carbocycles. The summed E-state index contributed by atoms with van der Waals surface area (Å²) in [5.41, 5.74) is 0. The summed E-state index contributed by atoms with van der Waals surface area (Å²) in [5.74, 6) is 0. The van der Waals surface area contributed by atoms with Crippen LogP contribution < -0.4 is 0 Å². The molecule has 0 amide bonds. The van der Waals surface area contributed by atoms with Crippen molar-refractivity contribution in [2.75, 3.05) is 6.61 Å². The fourth-order valence-corrected chi connectivity index (χ4v) is 0.495. The second kappa shape index (κ2) is 5.79. The molecule has 0 aliphatic carbocycles. The lowest BCUT2D eigenvalue weighted by Crippen LogP contribution is -2.01. The van der Waals surface area contributed by atoms with Gasteiger partial charge in [0, 0.05) is 0 Å². The van der Waals surface area contributed by atoms with Crippen LogP contribution in [0.4, 0.5) is 0 Å². The molecule has 0 fully saturated rings. The van der Waals surface area contributed by atoms with Crippen LogP contribution in [0.1, 0.15) is 19.8 Å². The number of hydrogen-bond donors (Lipinski definition) is 2. The highest BCUT2D eigenvalue weighted by Crippen LogP contribution is 1.96. The molecule has 54 valence electrons. The molecule has 9 heavy (non-hydrogen) atoms. The topological polar surface area (TPSA) is 40.5 Å². The molecule has 0 spiro atoms. The van der Waals surface area contributed by atoms with Crippen molar-refractivity contribution in [3.05, 3.63) is 12.2 Å². The lowest BCUT2D eigenvalue weighted by atomic mass is 10.2. The molecule has 2 nitrogen and oxygen atoms in total. The van der Waals surface area contributed by atoms with Gasteiger partial charge in [0.25, 0.3) is 0 Å². The van der Waals surface area contributed by atoms with Crippen molar-refractivity contribution in [2.45, 2.75) is 25.9 Å². The zero-order chi connectivity index (χ0) is 7.11. The van der Waals surface area contributed by atoms with E-state index < -0.39 is 0 Å². The zero-order valence-corrected chi connectivity index (χ0v) is 5.75. The van der Waals surface area contributed by atoms with Crippen LogP contribution in [-0.4, -0.2) is 22.9 Å². The van der Waals surface area contributed by atoms with Crippen LogP contribution in [0, 0.1) is 0 Å². The smallest absolute Gasteiger partial charge is 0.0612 e. The maximum absolute atomic E-state index is 8.95. The molecule has 0 bridgehead atoms. The van der Waals surface area contributed by atoms with Crippen molar-refractivity contribution in [3.63, 3.8) is 0 Å². The molecule has 1 atom stereocenters. The third kappa shape index (κ3) is 5.53. The Morgan fingerprint density at radius 2 is 2.11 bits per heavy atom. The summed E-state index contributed by atoms with van der Waals surface area (Å²) in [6.07, 6.45) is 4.60. The Morgan fingerprint density at radius 1 is 1.44 bits per heavy atom. The van der Waals surface area contributed by atoms with Gasteiger partial charge < -0.3 is 10.2 Å². The first-order valence-electron chi connectivity index (χ1n) is 3.25. The Balaban J connectivity index is 3.15. The summed E-state index contributed by atoms with van der Waals surface area (Å²) in [6.45, 7) is 1.99. The molecule has 0 aliphatic heterocycles. The van der Waals surface area contributed by atoms with E-state index in [1.165, 1.54) is 0 Å². The summed E-state index contributed by atoms with van der Waals surface area (Å²) in [5, 5.41) is 17.2. The minimum absolute atomic E-state index is 0.0659. The van der Waals surface area contributed by atoms with E-state index in [0.717, 1.165) is 6.42 Å². The molecular formula is C7H14O2. The summed E-state index contributed by atoms with van der Waals surface area (Å²) >= 11 is 0. The largest absolute Gasteiger partial charge is 0.393 e. The van der Waals surface area contributed by atoms with Crippen molar-refractivity contribution in [1.82, 2.24) is 0 Å². The molecule has 1 unspecified atom stereocenters. The molecule has 0 radical (unpaired) electrons. The normalized spacial score (nSPS) is 14.6. The van der Waals surface area contributed by atoms with Crippen molar-refractivity contribution in [3.8, 4) is 0 Å².